The van der Waals surface area contributed by atoms with Crippen molar-refractivity contribution in [3.05, 3.63) is 17.3 Å². The zero-order valence-corrected chi connectivity index (χ0v) is 11.5. The molecule has 4 aliphatic rings. The normalized spacial score (nSPS) is 38.1. The largest absolute Gasteiger partial charge is 0.382 e. The average Bonchev–Trinajstić information content (AvgIpc) is 2.36. The molecule has 0 radical (unpaired) electrons. The zero-order valence-electron chi connectivity index (χ0n) is 11.5. The molecule has 5 heteroatoms. The van der Waals surface area contributed by atoms with Gasteiger partial charge in [0.2, 0.25) is 0 Å². The molecule has 0 saturated heterocycles. The van der Waals surface area contributed by atoms with Crippen molar-refractivity contribution in [1.82, 2.24) is 10.2 Å². The Morgan fingerprint density at radius 2 is 1.70 bits per heavy atom. The summed E-state index contributed by atoms with van der Waals surface area (Å²) in [5, 5.41) is 7.82. The highest BCUT2D eigenvalue weighted by molar-refractivity contribution is 5.98. The van der Waals surface area contributed by atoms with Crippen LogP contribution in [0.1, 0.15) is 54.4 Å². The molecule has 4 N–H and O–H groups in total. The molecule has 0 aromatic carbocycles. The van der Waals surface area contributed by atoms with Gasteiger partial charge in [-0.2, -0.15) is 5.10 Å². The van der Waals surface area contributed by atoms with E-state index in [9.17, 15) is 4.79 Å². The van der Waals surface area contributed by atoms with Gasteiger partial charge in [0.15, 0.2) is 5.82 Å². The maximum atomic E-state index is 11.8. The van der Waals surface area contributed by atoms with Crippen LogP contribution in [0.5, 0.6) is 0 Å². The van der Waals surface area contributed by atoms with Crippen molar-refractivity contribution in [2.75, 3.05) is 5.73 Å². The van der Waals surface area contributed by atoms with Crippen molar-refractivity contribution >= 4 is 11.7 Å². The van der Waals surface area contributed by atoms with Gasteiger partial charge < -0.3 is 11.5 Å². The predicted molar refractivity (Wildman–Crippen MR) is 74.8 cm³/mol. The van der Waals surface area contributed by atoms with E-state index in [0.717, 1.165) is 42.6 Å². The molecular weight excluding hydrogens is 252 g/mol. The summed E-state index contributed by atoms with van der Waals surface area (Å²) < 4.78 is 0. The number of amides is 1. The monoisotopic (exact) mass is 272 g/mol. The lowest BCUT2D eigenvalue weighted by molar-refractivity contribution is -0.00570. The lowest BCUT2D eigenvalue weighted by atomic mass is 9.48. The van der Waals surface area contributed by atoms with Gasteiger partial charge in [-0.15, -0.1) is 5.10 Å². The number of hydrogen-bond acceptors (Lipinski definition) is 4. The highest BCUT2D eigenvalue weighted by Crippen LogP contribution is 2.61. The number of anilines is 1. The van der Waals surface area contributed by atoms with Crippen molar-refractivity contribution in [3.63, 3.8) is 0 Å². The second kappa shape index (κ2) is 3.93. The number of rotatable bonds is 2. The fourth-order valence-corrected chi connectivity index (χ4v) is 5.50. The smallest absolute Gasteiger partial charge is 0.252 e. The van der Waals surface area contributed by atoms with Crippen LogP contribution in [-0.2, 0) is 5.41 Å². The van der Waals surface area contributed by atoms with Crippen LogP contribution in [-0.4, -0.2) is 16.1 Å². The van der Waals surface area contributed by atoms with Crippen LogP contribution >= 0.6 is 0 Å². The first-order valence-electron chi connectivity index (χ1n) is 7.49. The van der Waals surface area contributed by atoms with Gasteiger partial charge in [-0.3, -0.25) is 4.79 Å². The Balaban J connectivity index is 1.85. The third-order valence-electron chi connectivity index (χ3n) is 5.73. The maximum Gasteiger partial charge on any atom is 0.252 e. The first kappa shape index (κ1) is 12.1. The van der Waals surface area contributed by atoms with Crippen molar-refractivity contribution in [3.8, 4) is 0 Å². The summed E-state index contributed by atoms with van der Waals surface area (Å²) in [5.74, 6) is 2.12. The van der Waals surface area contributed by atoms with E-state index in [1.54, 1.807) is 6.20 Å². The number of hydrogen-bond donors (Lipinski definition) is 2. The molecule has 0 unspecified atom stereocenters. The van der Waals surface area contributed by atoms with E-state index in [4.69, 9.17) is 11.5 Å². The molecular formula is C15H20N4O. The van der Waals surface area contributed by atoms with Crippen LogP contribution in [0.15, 0.2) is 6.20 Å². The van der Waals surface area contributed by atoms with E-state index >= 15 is 0 Å². The van der Waals surface area contributed by atoms with Crippen LogP contribution in [0, 0.1) is 17.8 Å². The number of carbonyl (C=O) groups excluding carboxylic acids is 1. The van der Waals surface area contributed by atoms with Gasteiger partial charge in [-0.05, 0) is 67.3 Å². The Hall–Kier alpha value is -1.65. The number of nitrogen functional groups attached to an aromatic ring is 1. The summed E-state index contributed by atoms with van der Waals surface area (Å²) in [6.07, 6.45) is 9.29. The van der Waals surface area contributed by atoms with Gasteiger partial charge in [0.25, 0.3) is 5.91 Å². The number of aromatic nitrogens is 2. The Morgan fingerprint density at radius 1 is 1.15 bits per heavy atom. The Bertz CT molecular complexity index is 548. The van der Waals surface area contributed by atoms with Crippen molar-refractivity contribution < 1.29 is 4.79 Å². The molecule has 5 rings (SSSR count). The van der Waals surface area contributed by atoms with Gasteiger partial charge >= 0.3 is 0 Å². The molecule has 0 aliphatic heterocycles. The number of primary amides is 1. The van der Waals surface area contributed by atoms with Gasteiger partial charge in [-0.25, -0.2) is 0 Å². The lowest BCUT2D eigenvalue weighted by Crippen LogP contribution is -2.49. The van der Waals surface area contributed by atoms with Crippen molar-refractivity contribution in [2.45, 2.75) is 43.9 Å². The standard InChI is InChI=1S/C15H20N4O/c16-13-12(14(17)20)11(7-18-19-13)15-4-8-1-9(5-15)3-10(2-8)6-15/h7-10H,1-6H2,(H2,16,19)(H2,17,20). The predicted octanol–water partition coefficient (Wildman–Crippen LogP) is 1.63. The van der Waals surface area contributed by atoms with E-state index in [-0.39, 0.29) is 11.2 Å². The first-order chi connectivity index (χ1) is 9.57. The van der Waals surface area contributed by atoms with Gasteiger partial charge in [0.05, 0.1) is 11.8 Å². The van der Waals surface area contributed by atoms with E-state index < -0.39 is 5.91 Å². The number of nitrogens with two attached hydrogens (primary N) is 2. The van der Waals surface area contributed by atoms with Crippen LogP contribution < -0.4 is 11.5 Å². The second-order valence-electron chi connectivity index (χ2n) is 7.08. The average molecular weight is 272 g/mol. The third kappa shape index (κ3) is 1.58. The Kier molecular flexibility index (Phi) is 2.38. The van der Waals surface area contributed by atoms with Gasteiger partial charge in [0.1, 0.15) is 0 Å². The van der Waals surface area contributed by atoms with Crippen LogP contribution in [0.4, 0.5) is 5.82 Å². The summed E-state index contributed by atoms with van der Waals surface area (Å²) >= 11 is 0. The number of nitrogens with zero attached hydrogens (tertiary/aromatic N) is 2. The van der Waals surface area contributed by atoms with Crippen molar-refractivity contribution in [1.29, 1.82) is 0 Å². The van der Waals surface area contributed by atoms with E-state index in [2.05, 4.69) is 10.2 Å². The zero-order chi connectivity index (χ0) is 13.9. The SMILES string of the molecule is NC(=O)c1c(C23CC4CC(CC(C4)C2)C3)cnnc1N. The van der Waals surface area contributed by atoms with Crippen LogP contribution in [0.25, 0.3) is 0 Å². The minimum atomic E-state index is -0.469. The van der Waals surface area contributed by atoms with Gasteiger partial charge in [-0.1, -0.05) is 0 Å². The van der Waals surface area contributed by atoms with Crippen molar-refractivity contribution in [2.24, 2.45) is 23.5 Å². The molecule has 0 spiro atoms. The lowest BCUT2D eigenvalue weighted by Gasteiger charge is -2.57. The third-order valence-corrected chi connectivity index (χ3v) is 5.73. The minimum Gasteiger partial charge on any atom is -0.382 e. The highest BCUT2D eigenvalue weighted by atomic mass is 16.1. The first-order valence-corrected chi connectivity index (χ1v) is 7.49. The molecule has 20 heavy (non-hydrogen) atoms. The summed E-state index contributed by atoms with van der Waals surface area (Å²) in [6.45, 7) is 0. The molecule has 1 heterocycles. The Morgan fingerprint density at radius 3 is 2.20 bits per heavy atom. The maximum absolute atomic E-state index is 11.8. The Labute approximate surface area is 118 Å². The highest BCUT2D eigenvalue weighted by Gasteiger charge is 2.52. The molecule has 4 aliphatic carbocycles. The fraction of sp³-hybridized carbons (Fsp3) is 0.667. The molecule has 0 atom stereocenters. The molecule has 4 fully saturated rings. The van der Waals surface area contributed by atoms with E-state index in [1.165, 1.54) is 19.3 Å². The molecule has 1 aromatic rings. The summed E-state index contributed by atoms with van der Waals surface area (Å²) in [6, 6.07) is 0. The second-order valence-corrected chi connectivity index (χ2v) is 7.08. The molecule has 1 amide bonds. The molecule has 5 nitrogen and oxygen atoms in total. The summed E-state index contributed by atoms with van der Waals surface area (Å²) in [7, 11) is 0. The quantitative estimate of drug-likeness (QED) is 0.855. The minimum absolute atomic E-state index is 0.0726. The van der Waals surface area contributed by atoms with E-state index in [1.807, 2.05) is 0 Å². The number of carbonyl (C=O) groups is 1. The molecule has 106 valence electrons. The van der Waals surface area contributed by atoms with E-state index in [0.29, 0.717) is 5.56 Å². The molecule has 4 saturated carbocycles. The topological polar surface area (TPSA) is 94.9 Å². The van der Waals surface area contributed by atoms with Crippen LogP contribution in [0.2, 0.25) is 0 Å². The fourth-order valence-electron chi connectivity index (χ4n) is 5.50. The van der Waals surface area contributed by atoms with Gasteiger partial charge in [0, 0.05) is 0 Å². The van der Waals surface area contributed by atoms with Crippen LogP contribution in [0.3, 0.4) is 0 Å². The molecule has 4 bridgehead atoms. The summed E-state index contributed by atoms with van der Waals surface area (Å²) in [5.41, 5.74) is 12.9. The summed E-state index contributed by atoms with van der Waals surface area (Å²) in [4.78, 5) is 11.8. The molecule has 1 aromatic heterocycles.